The van der Waals surface area contributed by atoms with Crippen LogP contribution in [0.25, 0.3) is 0 Å². The van der Waals surface area contributed by atoms with Crippen LogP contribution < -0.4 is 5.32 Å². The molecule has 1 atom stereocenters. The second kappa shape index (κ2) is 4.94. The molecule has 0 spiro atoms. The quantitative estimate of drug-likeness (QED) is 0.716. The highest BCUT2D eigenvalue weighted by molar-refractivity contribution is 5.69. The van der Waals surface area contributed by atoms with Gasteiger partial charge < -0.3 is 10.4 Å². The van der Waals surface area contributed by atoms with Gasteiger partial charge in [-0.15, -0.1) is 0 Å². The maximum atomic E-state index is 10.6. The smallest absolute Gasteiger partial charge is 0.317 e. The number of nitrogens with one attached hydrogen (secondary N) is 1. The lowest BCUT2D eigenvalue weighted by Gasteiger charge is -2.33. The van der Waals surface area contributed by atoms with Crippen LogP contribution in [0.15, 0.2) is 0 Å². The highest BCUT2D eigenvalue weighted by Gasteiger charge is 2.28. The zero-order valence-electron chi connectivity index (χ0n) is 9.11. The number of likely N-dealkylation sites (tertiary alicyclic amines) is 1. The molecule has 4 heteroatoms. The molecule has 1 unspecified atom stereocenters. The van der Waals surface area contributed by atoms with E-state index in [9.17, 15) is 4.79 Å². The Hall–Kier alpha value is -0.610. The highest BCUT2D eigenvalue weighted by atomic mass is 16.4. The van der Waals surface area contributed by atoms with Gasteiger partial charge in [0.2, 0.25) is 0 Å². The van der Waals surface area contributed by atoms with Crippen molar-refractivity contribution in [3.05, 3.63) is 0 Å². The van der Waals surface area contributed by atoms with Gasteiger partial charge >= 0.3 is 5.97 Å². The molecule has 86 valence electrons. The largest absolute Gasteiger partial charge is 0.480 e. The van der Waals surface area contributed by atoms with Crippen molar-refractivity contribution in [3.8, 4) is 0 Å². The Labute approximate surface area is 90.6 Å². The van der Waals surface area contributed by atoms with Crippen LogP contribution in [-0.2, 0) is 4.79 Å². The molecule has 0 radical (unpaired) electrons. The first kappa shape index (κ1) is 10.9. The fraction of sp³-hybridized carbons (Fsp3) is 0.909. The molecule has 2 aliphatic rings. The van der Waals surface area contributed by atoms with E-state index in [1.807, 2.05) is 4.90 Å². The number of carboxylic acids is 1. The van der Waals surface area contributed by atoms with Crippen LogP contribution in [0.1, 0.15) is 25.7 Å². The third-order valence-electron chi connectivity index (χ3n) is 3.66. The van der Waals surface area contributed by atoms with E-state index in [1.165, 1.54) is 19.4 Å². The van der Waals surface area contributed by atoms with E-state index in [0.717, 1.165) is 31.8 Å². The first-order valence-electron chi connectivity index (χ1n) is 5.93. The zero-order valence-corrected chi connectivity index (χ0v) is 9.11. The molecular weight excluding hydrogens is 192 g/mol. The summed E-state index contributed by atoms with van der Waals surface area (Å²) in [5.74, 6) is 0.0741. The van der Waals surface area contributed by atoms with Crippen molar-refractivity contribution in [1.82, 2.24) is 10.2 Å². The van der Waals surface area contributed by atoms with Gasteiger partial charge in [0.1, 0.15) is 0 Å². The van der Waals surface area contributed by atoms with Crippen molar-refractivity contribution in [2.45, 2.75) is 31.7 Å². The Morgan fingerprint density at radius 3 is 2.60 bits per heavy atom. The number of carbonyl (C=O) groups is 1. The summed E-state index contributed by atoms with van der Waals surface area (Å²) < 4.78 is 0. The van der Waals surface area contributed by atoms with Crippen LogP contribution in [0.4, 0.5) is 0 Å². The first-order valence-corrected chi connectivity index (χ1v) is 5.93. The number of carboxylic acid groups (broad SMARTS) is 1. The summed E-state index contributed by atoms with van der Waals surface area (Å²) in [6.45, 7) is 3.29. The SMILES string of the molecule is O=C(O)CN1CCC(C2CCCN2)CC1. The van der Waals surface area contributed by atoms with Crippen LogP contribution in [0.2, 0.25) is 0 Å². The maximum absolute atomic E-state index is 10.6. The number of rotatable bonds is 3. The van der Waals surface area contributed by atoms with Gasteiger partial charge in [-0.2, -0.15) is 0 Å². The monoisotopic (exact) mass is 212 g/mol. The number of nitrogens with zero attached hydrogens (tertiary/aromatic N) is 1. The average Bonchev–Trinajstić information content (AvgIpc) is 2.71. The van der Waals surface area contributed by atoms with E-state index in [-0.39, 0.29) is 6.54 Å². The Balaban J connectivity index is 1.73. The molecule has 2 saturated heterocycles. The molecule has 2 fully saturated rings. The second-order valence-corrected chi connectivity index (χ2v) is 4.71. The third-order valence-corrected chi connectivity index (χ3v) is 3.66. The molecule has 2 rings (SSSR count). The second-order valence-electron chi connectivity index (χ2n) is 4.71. The molecular formula is C11H20N2O2. The predicted molar refractivity (Wildman–Crippen MR) is 57.8 cm³/mol. The minimum atomic E-state index is -0.701. The predicted octanol–water partition coefficient (Wildman–Crippen LogP) is 0.535. The maximum Gasteiger partial charge on any atom is 0.317 e. The van der Waals surface area contributed by atoms with Gasteiger partial charge in [0.15, 0.2) is 0 Å². The average molecular weight is 212 g/mol. The van der Waals surface area contributed by atoms with E-state index in [0.29, 0.717) is 6.04 Å². The van der Waals surface area contributed by atoms with Crippen molar-refractivity contribution >= 4 is 5.97 Å². The molecule has 0 aromatic rings. The lowest BCUT2D eigenvalue weighted by Crippen LogP contribution is -2.42. The van der Waals surface area contributed by atoms with Crippen LogP contribution >= 0.6 is 0 Å². The van der Waals surface area contributed by atoms with Gasteiger partial charge in [0.05, 0.1) is 6.54 Å². The molecule has 0 aliphatic carbocycles. The normalized spacial score (nSPS) is 29.5. The minimum Gasteiger partial charge on any atom is -0.480 e. The summed E-state index contributed by atoms with van der Waals surface area (Å²) in [6, 6.07) is 0.706. The van der Waals surface area contributed by atoms with Gasteiger partial charge in [-0.25, -0.2) is 0 Å². The number of hydrogen-bond donors (Lipinski definition) is 2. The molecule has 2 heterocycles. The Morgan fingerprint density at radius 1 is 1.33 bits per heavy atom. The standard InChI is InChI=1S/C11H20N2O2/c14-11(15)8-13-6-3-9(4-7-13)10-2-1-5-12-10/h9-10,12H,1-8H2,(H,14,15). The van der Waals surface area contributed by atoms with Crippen LogP contribution in [0.5, 0.6) is 0 Å². The Bertz CT molecular complexity index is 219. The van der Waals surface area contributed by atoms with Crippen molar-refractivity contribution < 1.29 is 9.90 Å². The Morgan fingerprint density at radius 2 is 2.07 bits per heavy atom. The first-order chi connectivity index (χ1) is 7.25. The van der Waals surface area contributed by atoms with Crippen LogP contribution in [-0.4, -0.2) is 48.2 Å². The van der Waals surface area contributed by atoms with E-state index in [4.69, 9.17) is 5.11 Å². The van der Waals surface area contributed by atoms with Crippen molar-refractivity contribution in [2.75, 3.05) is 26.2 Å². The lowest BCUT2D eigenvalue weighted by atomic mass is 9.88. The molecule has 0 bridgehead atoms. The van der Waals surface area contributed by atoms with Gasteiger partial charge in [0.25, 0.3) is 0 Å². The van der Waals surface area contributed by atoms with Crippen molar-refractivity contribution in [1.29, 1.82) is 0 Å². The summed E-state index contributed by atoms with van der Waals surface area (Å²) in [7, 11) is 0. The summed E-state index contributed by atoms with van der Waals surface area (Å²) >= 11 is 0. The molecule has 0 aromatic heterocycles. The van der Waals surface area contributed by atoms with E-state index in [2.05, 4.69) is 5.32 Å². The number of aliphatic carboxylic acids is 1. The summed E-state index contributed by atoms with van der Waals surface area (Å²) in [4.78, 5) is 12.6. The third kappa shape index (κ3) is 2.92. The van der Waals surface area contributed by atoms with Gasteiger partial charge in [-0.3, -0.25) is 9.69 Å². The molecule has 2 aliphatic heterocycles. The molecule has 2 N–H and O–H groups in total. The summed E-state index contributed by atoms with van der Waals surface area (Å²) in [5.41, 5.74) is 0. The number of hydrogen-bond acceptors (Lipinski definition) is 3. The molecule has 0 amide bonds. The fourth-order valence-electron chi connectivity index (χ4n) is 2.82. The Kier molecular flexibility index (Phi) is 3.59. The number of piperidine rings is 1. The fourth-order valence-corrected chi connectivity index (χ4v) is 2.82. The molecule has 4 nitrogen and oxygen atoms in total. The van der Waals surface area contributed by atoms with Crippen molar-refractivity contribution in [2.24, 2.45) is 5.92 Å². The topological polar surface area (TPSA) is 52.6 Å². The zero-order chi connectivity index (χ0) is 10.7. The van der Waals surface area contributed by atoms with E-state index in [1.54, 1.807) is 0 Å². The van der Waals surface area contributed by atoms with E-state index < -0.39 is 5.97 Å². The van der Waals surface area contributed by atoms with Crippen LogP contribution in [0.3, 0.4) is 0 Å². The van der Waals surface area contributed by atoms with E-state index >= 15 is 0 Å². The molecule has 0 saturated carbocycles. The molecule has 15 heavy (non-hydrogen) atoms. The van der Waals surface area contributed by atoms with Gasteiger partial charge in [-0.05, 0) is 51.2 Å². The highest BCUT2D eigenvalue weighted by Crippen LogP contribution is 2.25. The van der Waals surface area contributed by atoms with Crippen molar-refractivity contribution in [3.63, 3.8) is 0 Å². The van der Waals surface area contributed by atoms with Gasteiger partial charge in [0, 0.05) is 6.04 Å². The summed E-state index contributed by atoms with van der Waals surface area (Å²) in [6.07, 6.45) is 4.93. The van der Waals surface area contributed by atoms with Gasteiger partial charge in [-0.1, -0.05) is 0 Å². The summed E-state index contributed by atoms with van der Waals surface area (Å²) in [5, 5.41) is 12.2. The minimum absolute atomic E-state index is 0.213. The van der Waals surface area contributed by atoms with Crippen LogP contribution in [0, 0.1) is 5.92 Å². The lowest BCUT2D eigenvalue weighted by molar-refractivity contribution is -0.138. The molecule has 0 aromatic carbocycles.